The molecule has 178 valence electrons. The van der Waals surface area contributed by atoms with Crippen molar-refractivity contribution in [3.8, 4) is 5.75 Å². The normalized spacial score (nSPS) is 27.1. The Labute approximate surface area is 188 Å². The number of sulfone groups is 1. The van der Waals surface area contributed by atoms with E-state index in [-0.39, 0.29) is 24.3 Å². The highest BCUT2D eigenvalue weighted by molar-refractivity contribution is 7.91. The van der Waals surface area contributed by atoms with Gasteiger partial charge in [-0.3, -0.25) is 4.79 Å². The molecule has 9 nitrogen and oxygen atoms in total. The molecular weight excluding hydrogens is 438 g/mol. The zero-order valence-corrected chi connectivity index (χ0v) is 19.5. The molecule has 2 aliphatic heterocycles. The van der Waals surface area contributed by atoms with Gasteiger partial charge in [0.05, 0.1) is 43.8 Å². The lowest BCUT2D eigenvalue weighted by Crippen LogP contribution is -2.48. The van der Waals surface area contributed by atoms with Gasteiger partial charge >= 0.3 is 12.1 Å². The second kappa shape index (κ2) is 10.1. The van der Waals surface area contributed by atoms with Gasteiger partial charge in [0.2, 0.25) is 0 Å². The fourth-order valence-electron chi connectivity index (χ4n) is 4.58. The Bertz CT molecular complexity index is 947. The number of aliphatic hydroxyl groups is 1. The monoisotopic (exact) mass is 469 g/mol. The van der Waals surface area contributed by atoms with E-state index in [1.807, 2.05) is 19.1 Å². The molecule has 0 spiro atoms. The summed E-state index contributed by atoms with van der Waals surface area (Å²) < 4.78 is 40.1. The predicted octanol–water partition coefficient (Wildman–Crippen LogP) is 1.21. The molecule has 1 amide bonds. The Hall–Kier alpha value is -2.33. The summed E-state index contributed by atoms with van der Waals surface area (Å²) in [4.78, 5) is 25.7. The molecule has 10 heteroatoms. The van der Waals surface area contributed by atoms with Crippen molar-refractivity contribution in [3.63, 3.8) is 0 Å². The molecule has 0 bridgehead atoms. The molecule has 2 aliphatic rings. The number of aliphatic hydroxyl groups excluding tert-OH is 1. The summed E-state index contributed by atoms with van der Waals surface area (Å²) in [6, 6.07) is 5.42. The van der Waals surface area contributed by atoms with Crippen molar-refractivity contribution in [2.45, 2.75) is 38.3 Å². The lowest BCUT2D eigenvalue weighted by molar-refractivity contribution is -0.149. The Balaban J connectivity index is 1.81. The zero-order valence-electron chi connectivity index (χ0n) is 18.7. The van der Waals surface area contributed by atoms with Gasteiger partial charge in [0, 0.05) is 12.5 Å². The SMILES string of the molecule is CCCN1C(=O)OC[C@@H]1Cc1cc(CC2CS(=O)(=O)CC(C(=O)OC)C2O)ccc1OC. The van der Waals surface area contributed by atoms with Gasteiger partial charge in [0.25, 0.3) is 0 Å². The minimum atomic E-state index is -3.50. The number of amides is 1. The van der Waals surface area contributed by atoms with Gasteiger partial charge in [0.15, 0.2) is 9.84 Å². The summed E-state index contributed by atoms with van der Waals surface area (Å²) in [5, 5.41) is 10.7. The molecule has 1 aromatic carbocycles. The highest BCUT2D eigenvalue weighted by Gasteiger charge is 2.43. The quantitative estimate of drug-likeness (QED) is 0.564. The van der Waals surface area contributed by atoms with E-state index in [4.69, 9.17) is 14.2 Å². The Morgan fingerprint density at radius 1 is 1.25 bits per heavy atom. The van der Waals surface area contributed by atoms with E-state index in [9.17, 15) is 23.1 Å². The number of hydrogen-bond donors (Lipinski definition) is 1. The van der Waals surface area contributed by atoms with Crippen molar-refractivity contribution in [3.05, 3.63) is 29.3 Å². The van der Waals surface area contributed by atoms with Crippen LogP contribution in [0.3, 0.4) is 0 Å². The molecule has 4 atom stereocenters. The van der Waals surface area contributed by atoms with Gasteiger partial charge in [0.1, 0.15) is 12.4 Å². The van der Waals surface area contributed by atoms with Crippen molar-refractivity contribution < 1.29 is 37.3 Å². The number of hydrogen-bond acceptors (Lipinski definition) is 8. The number of benzene rings is 1. The predicted molar refractivity (Wildman–Crippen MR) is 116 cm³/mol. The second-order valence-electron chi connectivity index (χ2n) is 8.44. The van der Waals surface area contributed by atoms with Crippen LogP contribution in [0.15, 0.2) is 18.2 Å². The summed E-state index contributed by atoms with van der Waals surface area (Å²) in [5.41, 5.74) is 1.69. The molecule has 0 saturated carbocycles. The fourth-order valence-corrected chi connectivity index (χ4v) is 6.56. The van der Waals surface area contributed by atoms with E-state index in [0.29, 0.717) is 25.3 Å². The van der Waals surface area contributed by atoms with Gasteiger partial charge < -0.3 is 24.2 Å². The minimum absolute atomic E-state index is 0.115. The largest absolute Gasteiger partial charge is 0.496 e. The van der Waals surface area contributed by atoms with Crippen LogP contribution >= 0.6 is 0 Å². The van der Waals surface area contributed by atoms with Gasteiger partial charge in [-0.1, -0.05) is 19.1 Å². The number of nitrogens with zero attached hydrogens (tertiary/aromatic N) is 1. The molecule has 2 fully saturated rings. The molecule has 3 rings (SSSR count). The van der Waals surface area contributed by atoms with Crippen molar-refractivity contribution >= 4 is 21.9 Å². The maximum absolute atomic E-state index is 12.4. The van der Waals surface area contributed by atoms with Crippen LogP contribution in [0.5, 0.6) is 5.75 Å². The van der Waals surface area contributed by atoms with Crippen LogP contribution in [0.25, 0.3) is 0 Å². The topological polar surface area (TPSA) is 119 Å². The molecule has 3 unspecified atom stereocenters. The molecule has 1 aromatic rings. The van der Waals surface area contributed by atoms with E-state index >= 15 is 0 Å². The Kier molecular flexibility index (Phi) is 7.66. The lowest BCUT2D eigenvalue weighted by atomic mass is 9.87. The van der Waals surface area contributed by atoms with Crippen LogP contribution in [0.1, 0.15) is 24.5 Å². The number of ether oxygens (including phenoxy) is 3. The third-order valence-electron chi connectivity index (χ3n) is 6.14. The van der Waals surface area contributed by atoms with E-state index in [1.165, 1.54) is 7.11 Å². The first-order valence-corrected chi connectivity index (χ1v) is 12.6. The van der Waals surface area contributed by atoms with Crippen LogP contribution in [-0.2, 0) is 36.9 Å². The number of rotatable bonds is 8. The maximum Gasteiger partial charge on any atom is 0.410 e. The minimum Gasteiger partial charge on any atom is -0.496 e. The van der Waals surface area contributed by atoms with Gasteiger partial charge in [-0.15, -0.1) is 0 Å². The molecule has 0 aromatic heterocycles. The highest BCUT2D eigenvalue weighted by Crippen LogP contribution is 2.31. The number of cyclic esters (lactones) is 1. The number of carbonyl (C=O) groups excluding carboxylic acids is 2. The van der Waals surface area contributed by atoms with E-state index in [1.54, 1.807) is 18.1 Å². The summed E-state index contributed by atoms with van der Waals surface area (Å²) in [5.74, 6) is -2.39. The molecule has 2 heterocycles. The molecular formula is C22H31NO8S. The lowest BCUT2D eigenvalue weighted by Gasteiger charge is -2.33. The van der Waals surface area contributed by atoms with Gasteiger partial charge in [-0.05, 0) is 36.5 Å². The second-order valence-corrected chi connectivity index (χ2v) is 10.6. The average Bonchev–Trinajstić information content (AvgIpc) is 3.09. The van der Waals surface area contributed by atoms with E-state index in [2.05, 4.69) is 0 Å². The fraction of sp³-hybridized carbons (Fsp3) is 0.636. The van der Waals surface area contributed by atoms with Crippen LogP contribution in [0, 0.1) is 11.8 Å². The first-order chi connectivity index (χ1) is 15.2. The van der Waals surface area contributed by atoms with Crippen molar-refractivity contribution in [1.29, 1.82) is 0 Å². The first kappa shape index (κ1) is 24.3. The van der Waals surface area contributed by atoms with Crippen LogP contribution in [0.4, 0.5) is 4.79 Å². The van der Waals surface area contributed by atoms with Crippen molar-refractivity contribution in [2.75, 3.05) is 38.9 Å². The third-order valence-corrected chi connectivity index (χ3v) is 7.94. The van der Waals surface area contributed by atoms with Crippen molar-refractivity contribution in [1.82, 2.24) is 4.90 Å². The summed E-state index contributed by atoms with van der Waals surface area (Å²) >= 11 is 0. The first-order valence-electron chi connectivity index (χ1n) is 10.7. The van der Waals surface area contributed by atoms with E-state index < -0.39 is 39.5 Å². The Morgan fingerprint density at radius 3 is 2.66 bits per heavy atom. The van der Waals surface area contributed by atoms with Crippen molar-refractivity contribution in [2.24, 2.45) is 11.8 Å². The molecule has 32 heavy (non-hydrogen) atoms. The summed E-state index contributed by atoms with van der Waals surface area (Å²) in [6.07, 6.45) is 0.190. The molecule has 1 N–H and O–H groups in total. The smallest absolute Gasteiger partial charge is 0.410 e. The number of methoxy groups -OCH3 is 2. The van der Waals surface area contributed by atoms with Gasteiger partial charge in [-0.25, -0.2) is 13.2 Å². The molecule has 0 radical (unpaired) electrons. The van der Waals surface area contributed by atoms with Crippen LogP contribution < -0.4 is 4.74 Å². The van der Waals surface area contributed by atoms with Gasteiger partial charge in [-0.2, -0.15) is 0 Å². The van der Waals surface area contributed by atoms with Crippen LogP contribution in [0.2, 0.25) is 0 Å². The highest BCUT2D eigenvalue weighted by atomic mass is 32.2. The summed E-state index contributed by atoms with van der Waals surface area (Å²) in [6.45, 7) is 2.90. The number of carbonyl (C=O) groups is 2. The average molecular weight is 470 g/mol. The summed E-state index contributed by atoms with van der Waals surface area (Å²) in [7, 11) is -0.749. The molecule has 2 saturated heterocycles. The standard InChI is InChI=1S/C22H31NO8S/c1-4-7-23-17(11-31-22(23)26)10-15-8-14(5-6-19(15)29-2)9-16-12-32(27,28)13-18(20(16)24)21(25)30-3/h5-6,8,16-18,20,24H,4,7,9-13H2,1-3H3/t16?,17-,18?,20?/m0/s1. The maximum atomic E-state index is 12.4. The Morgan fingerprint density at radius 2 is 2.00 bits per heavy atom. The van der Waals surface area contributed by atoms with Crippen LogP contribution in [-0.4, -0.2) is 81.5 Å². The number of esters is 1. The van der Waals surface area contributed by atoms with E-state index in [0.717, 1.165) is 17.5 Å². The zero-order chi connectivity index (χ0) is 23.5. The third kappa shape index (κ3) is 5.35. The molecule has 0 aliphatic carbocycles.